The maximum absolute atomic E-state index is 12.6. The Labute approximate surface area is 211 Å². The Morgan fingerprint density at radius 1 is 0.971 bits per heavy atom. The molecule has 0 atom stereocenters. The third kappa shape index (κ3) is 6.12. The normalized spacial score (nSPS) is 11.3. The number of carbonyl (C=O) groups is 1. The maximum atomic E-state index is 12.6. The van der Waals surface area contributed by atoms with Crippen molar-refractivity contribution in [2.24, 2.45) is 5.10 Å². The molecule has 1 N–H and O–H groups in total. The molecule has 3 aromatic carbocycles. The predicted octanol–water partition coefficient (Wildman–Crippen LogP) is 4.76. The number of halogens is 2. The van der Waals surface area contributed by atoms with E-state index in [4.69, 9.17) is 32.4 Å². The number of amides is 1. The molecule has 4 rings (SSSR count). The van der Waals surface area contributed by atoms with Crippen LogP contribution in [0, 0.1) is 0 Å². The fourth-order valence-electron chi connectivity index (χ4n) is 3.58. The lowest BCUT2D eigenvalue weighted by Gasteiger charge is -2.22. The second kappa shape index (κ2) is 11.7. The van der Waals surface area contributed by atoms with E-state index in [0.29, 0.717) is 52.5 Å². The van der Waals surface area contributed by atoms with Gasteiger partial charge in [0.05, 0.1) is 17.0 Å². The molecule has 0 aliphatic heterocycles. The fraction of sp³-hybridized carbons (Fsp3) is 0.192. The molecule has 1 heterocycles. The monoisotopic (exact) mass is 511 g/mol. The standard InChI is InChI=1S/C26H23Cl2N3O4/c27-11-13-31(14-12-28)19-7-5-18(6-8-19)16-29-30-25(32)17-34-20-9-10-22-24(15-20)35-23-4-2-1-3-21(23)26(22)33/h1-10,15-16H,11-14,17H2,(H,30,32). The minimum atomic E-state index is -0.423. The largest absolute Gasteiger partial charge is 0.484 e. The second-order valence-electron chi connectivity index (χ2n) is 7.62. The van der Waals surface area contributed by atoms with E-state index in [1.165, 1.54) is 0 Å². The van der Waals surface area contributed by atoms with Gasteiger partial charge in [0.2, 0.25) is 5.43 Å². The van der Waals surface area contributed by atoms with Crippen LogP contribution in [0.1, 0.15) is 5.56 Å². The number of para-hydroxylation sites is 1. The summed E-state index contributed by atoms with van der Waals surface area (Å²) in [4.78, 5) is 26.8. The van der Waals surface area contributed by atoms with E-state index >= 15 is 0 Å². The SMILES string of the molecule is O=C(COc1ccc2c(=O)c3ccccc3oc2c1)NN=Cc1ccc(N(CCCl)CCCl)cc1. The number of nitrogens with one attached hydrogen (secondary N) is 1. The summed E-state index contributed by atoms with van der Waals surface area (Å²) in [6.45, 7) is 1.17. The second-order valence-corrected chi connectivity index (χ2v) is 8.38. The lowest BCUT2D eigenvalue weighted by atomic mass is 10.1. The van der Waals surface area contributed by atoms with E-state index in [9.17, 15) is 9.59 Å². The summed E-state index contributed by atoms with van der Waals surface area (Å²) in [6, 6.07) is 19.6. The number of anilines is 1. The molecular weight excluding hydrogens is 489 g/mol. The average molecular weight is 512 g/mol. The number of carbonyl (C=O) groups excluding carboxylic acids is 1. The van der Waals surface area contributed by atoms with Gasteiger partial charge in [0.15, 0.2) is 6.61 Å². The van der Waals surface area contributed by atoms with E-state index < -0.39 is 5.91 Å². The molecule has 9 heteroatoms. The molecule has 1 aromatic heterocycles. The molecule has 180 valence electrons. The van der Waals surface area contributed by atoms with E-state index in [2.05, 4.69) is 15.4 Å². The third-order valence-electron chi connectivity index (χ3n) is 5.29. The highest BCUT2D eigenvalue weighted by Gasteiger charge is 2.09. The first-order valence-electron chi connectivity index (χ1n) is 11.0. The molecule has 0 saturated carbocycles. The van der Waals surface area contributed by atoms with Crippen LogP contribution < -0.4 is 20.5 Å². The van der Waals surface area contributed by atoms with Crippen molar-refractivity contribution in [3.05, 3.63) is 82.5 Å². The van der Waals surface area contributed by atoms with Crippen LogP contribution in [0.2, 0.25) is 0 Å². The molecule has 0 unspecified atom stereocenters. The van der Waals surface area contributed by atoms with Gasteiger partial charge < -0.3 is 14.1 Å². The van der Waals surface area contributed by atoms with Gasteiger partial charge in [0, 0.05) is 36.6 Å². The Kier molecular flexibility index (Phi) is 8.23. The number of hydrazone groups is 1. The molecule has 0 spiro atoms. The fourth-order valence-corrected chi connectivity index (χ4v) is 3.98. The van der Waals surface area contributed by atoms with Crippen molar-refractivity contribution >= 4 is 62.9 Å². The number of rotatable bonds is 10. The highest BCUT2D eigenvalue weighted by Crippen LogP contribution is 2.22. The summed E-state index contributed by atoms with van der Waals surface area (Å²) < 4.78 is 11.4. The molecule has 0 fully saturated rings. The Balaban J connectivity index is 1.33. The van der Waals surface area contributed by atoms with Gasteiger partial charge in [-0.3, -0.25) is 9.59 Å². The average Bonchev–Trinajstić information content (AvgIpc) is 2.88. The van der Waals surface area contributed by atoms with Gasteiger partial charge in [-0.05, 0) is 42.0 Å². The zero-order valence-corrected chi connectivity index (χ0v) is 20.3. The Hall–Kier alpha value is -3.55. The van der Waals surface area contributed by atoms with Crippen LogP contribution in [0.3, 0.4) is 0 Å². The van der Waals surface area contributed by atoms with E-state index in [1.807, 2.05) is 24.3 Å². The summed E-state index contributed by atoms with van der Waals surface area (Å²) in [5.41, 5.74) is 5.05. The molecule has 0 radical (unpaired) electrons. The van der Waals surface area contributed by atoms with Crippen molar-refractivity contribution in [3.63, 3.8) is 0 Å². The summed E-state index contributed by atoms with van der Waals surface area (Å²) in [5.74, 6) is 1.01. The van der Waals surface area contributed by atoms with Gasteiger partial charge in [0.1, 0.15) is 16.9 Å². The van der Waals surface area contributed by atoms with Crippen LogP contribution >= 0.6 is 23.2 Å². The molecule has 0 aliphatic carbocycles. The van der Waals surface area contributed by atoms with Crippen LogP contribution in [0.25, 0.3) is 21.9 Å². The predicted molar refractivity (Wildman–Crippen MR) is 141 cm³/mol. The minimum Gasteiger partial charge on any atom is -0.484 e. The molecule has 0 aliphatic rings. The Morgan fingerprint density at radius 3 is 2.43 bits per heavy atom. The van der Waals surface area contributed by atoms with Crippen LogP contribution in [-0.4, -0.2) is 43.6 Å². The molecule has 7 nitrogen and oxygen atoms in total. The molecule has 0 saturated heterocycles. The van der Waals surface area contributed by atoms with Crippen molar-refractivity contribution < 1.29 is 13.9 Å². The van der Waals surface area contributed by atoms with Crippen LogP contribution in [0.15, 0.2) is 81.0 Å². The van der Waals surface area contributed by atoms with Gasteiger partial charge in [-0.1, -0.05) is 24.3 Å². The van der Waals surface area contributed by atoms with Gasteiger partial charge in [0.25, 0.3) is 5.91 Å². The molecular formula is C26H23Cl2N3O4. The van der Waals surface area contributed by atoms with Gasteiger partial charge in [-0.15, -0.1) is 23.2 Å². The van der Waals surface area contributed by atoms with Gasteiger partial charge in [-0.25, -0.2) is 5.43 Å². The highest BCUT2D eigenvalue weighted by molar-refractivity contribution is 6.18. The van der Waals surface area contributed by atoms with Crippen LogP contribution in [0.5, 0.6) is 5.75 Å². The van der Waals surface area contributed by atoms with E-state index in [-0.39, 0.29) is 12.0 Å². The van der Waals surface area contributed by atoms with Crippen molar-refractivity contribution in [3.8, 4) is 5.75 Å². The lowest BCUT2D eigenvalue weighted by Crippen LogP contribution is -2.27. The number of fused-ring (bicyclic) bond motifs is 2. The van der Waals surface area contributed by atoms with Crippen molar-refractivity contribution in [2.45, 2.75) is 0 Å². The number of hydrogen-bond acceptors (Lipinski definition) is 6. The van der Waals surface area contributed by atoms with Crippen molar-refractivity contribution in [2.75, 3.05) is 36.4 Å². The van der Waals surface area contributed by atoms with Crippen molar-refractivity contribution in [1.82, 2.24) is 5.43 Å². The zero-order chi connectivity index (χ0) is 24.6. The topological polar surface area (TPSA) is 84.1 Å². The van der Waals surface area contributed by atoms with Crippen LogP contribution in [0.4, 0.5) is 5.69 Å². The molecule has 4 aromatic rings. The van der Waals surface area contributed by atoms with Gasteiger partial charge >= 0.3 is 0 Å². The van der Waals surface area contributed by atoms with E-state index in [0.717, 1.165) is 11.3 Å². The maximum Gasteiger partial charge on any atom is 0.277 e. The number of ether oxygens (including phenoxy) is 1. The zero-order valence-electron chi connectivity index (χ0n) is 18.7. The first-order valence-corrected chi connectivity index (χ1v) is 12.0. The quantitative estimate of drug-likeness (QED) is 0.143. The van der Waals surface area contributed by atoms with E-state index in [1.54, 1.807) is 48.7 Å². The van der Waals surface area contributed by atoms with Gasteiger partial charge in [-0.2, -0.15) is 5.10 Å². The number of benzene rings is 3. The Bertz CT molecular complexity index is 1400. The van der Waals surface area contributed by atoms with Crippen molar-refractivity contribution in [1.29, 1.82) is 0 Å². The summed E-state index contributed by atoms with van der Waals surface area (Å²) in [6.07, 6.45) is 1.55. The first-order chi connectivity index (χ1) is 17.1. The molecule has 35 heavy (non-hydrogen) atoms. The summed E-state index contributed by atoms with van der Waals surface area (Å²) in [5, 5.41) is 4.94. The minimum absolute atomic E-state index is 0.112. The lowest BCUT2D eigenvalue weighted by molar-refractivity contribution is -0.123. The smallest absolute Gasteiger partial charge is 0.277 e. The third-order valence-corrected chi connectivity index (χ3v) is 5.63. The number of nitrogens with zero attached hydrogens (tertiary/aromatic N) is 2. The first kappa shape index (κ1) is 24.6. The molecule has 1 amide bonds. The molecule has 0 bridgehead atoms. The Morgan fingerprint density at radius 2 is 1.69 bits per heavy atom. The summed E-state index contributed by atoms with van der Waals surface area (Å²) >= 11 is 11.7. The number of alkyl halides is 2. The summed E-state index contributed by atoms with van der Waals surface area (Å²) in [7, 11) is 0. The van der Waals surface area contributed by atoms with Crippen LogP contribution in [-0.2, 0) is 4.79 Å². The number of hydrogen-bond donors (Lipinski definition) is 1. The highest BCUT2D eigenvalue weighted by atomic mass is 35.5.